The van der Waals surface area contributed by atoms with Gasteiger partial charge in [-0.1, -0.05) is 18.2 Å². The summed E-state index contributed by atoms with van der Waals surface area (Å²) in [5.74, 6) is 0.500. The van der Waals surface area contributed by atoms with Gasteiger partial charge in [-0.25, -0.2) is 0 Å². The molecule has 5 nitrogen and oxygen atoms in total. The summed E-state index contributed by atoms with van der Waals surface area (Å²) in [7, 11) is 2.08. The summed E-state index contributed by atoms with van der Waals surface area (Å²) >= 11 is 0. The number of ether oxygens (including phenoxy) is 1. The van der Waals surface area contributed by atoms with Crippen molar-refractivity contribution in [3.05, 3.63) is 29.8 Å². The predicted octanol–water partition coefficient (Wildman–Crippen LogP) is 2.24. The van der Waals surface area contributed by atoms with E-state index in [0.717, 1.165) is 50.9 Å². The van der Waals surface area contributed by atoms with E-state index in [9.17, 15) is 9.90 Å². The molecule has 1 amide bonds. The number of hydrogen-bond acceptors (Lipinski definition) is 4. The molecule has 0 aliphatic carbocycles. The highest BCUT2D eigenvalue weighted by Gasteiger charge is 2.30. The van der Waals surface area contributed by atoms with Crippen LogP contribution in [0.5, 0.6) is 5.75 Å². The monoisotopic (exact) mass is 332 g/mol. The Labute approximate surface area is 144 Å². The van der Waals surface area contributed by atoms with Crippen molar-refractivity contribution in [2.45, 2.75) is 38.3 Å². The van der Waals surface area contributed by atoms with Crippen molar-refractivity contribution in [3.63, 3.8) is 0 Å². The fourth-order valence-electron chi connectivity index (χ4n) is 3.74. The average molecular weight is 332 g/mol. The van der Waals surface area contributed by atoms with Crippen molar-refractivity contribution in [1.29, 1.82) is 0 Å². The number of hydrogen-bond donors (Lipinski definition) is 1. The Hall–Kier alpha value is -1.59. The zero-order chi connectivity index (χ0) is 16.9. The van der Waals surface area contributed by atoms with E-state index in [1.807, 2.05) is 17.0 Å². The molecule has 3 rings (SSSR count). The van der Waals surface area contributed by atoms with Crippen molar-refractivity contribution in [2.75, 3.05) is 33.3 Å². The van der Waals surface area contributed by atoms with Crippen LogP contribution in [0.25, 0.3) is 0 Å². The van der Waals surface area contributed by atoms with Crippen LogP contribution in [-0.4, -0.2) is 60.2 Å². The lowest BCUT2D eigenvalue weighted by atomic mass is 9.96. The van der Waals surface area contributed by atoms with Crippen LogP contribution in [-0.2, 0) is 16.1 Å². The lowest BCUT2D eigenvalue weighted by Crippen LogP contribution is -2.45. The minimum Gasteiger partial charge on any atom is -0.508 e. The van der Waals surface area contributed by atoms with Crippen LogP contribution in [0.4, 0.5) is 0 Å². The Balaban J connectivity index is 1.73. The standard InChI is InChI=1S/C19H28N2O3/c1-20-10-4-7-16(12-20)19(23)21(14-17-8-5-11-24-17)13-15-6-2-3-9-18(15)22/h2-3,6,9,16-17,22H,4-5,7-8,10-14H2,1H3/t16-,17+/m1/s1. The molecular formula is C19H28N2O3. The third-order valence-corrected chi connectivity index (χ3v) is 5.09. The smallest absolute Gasteiger partial charge is 0.227 e. The number of nitrogens with zero attached hydrogens (tertiary/aromatic N) is 2. The van der Waals surface area contributed by atoms with Crippen LogP contribution < -0.4 is 0 Å². The summed E-state index contributed by atoms with van der Waals surface area (Å²) in [6.07, 6.45) is 4.22. The number of piperidine rings is 1. The van der Waals surface area contributed by atoms with Gasteiger partial charge < -0.3 is 19.6 Å². The summed E-state index contributed by atoms with van der Waals surface area (Å²) in [6, 6.07) is 7.27. The van der Waals surface area contributed by atoms with E-state index < -0.39 is 0 Å². The second-order valence-electron chi connectivity index (χ2n) is 7.08. The van der Waals surface area contributed by atoms with E-state index in [1.54, 1.807) is 12.1 Å². The van der Waals surface area contributed by atoms with Crippen molar-refractivity contribution in [1.82, 2.24) is 9.80 Å². The molecule has 0 spiro atoms. The number of benzene rings is 1. The van der Waals surface area contributed by atoms with Gasteiger partial charge in [-0.05, 0) is 45.3 Å². The Morgan fingerprint density at radius 3 is 2.88 bits per heavy atom. The second kappa shape index (κ2) is 7.99. The molecule has 5 heteroatoms. The lowest BCUT2D eigenvalue weighted by molar-refractivity contribution is -0.139. The van der Waals surface area contributed by atoms with Crippen LogP contribution in [0.1, 0.15) is 31.2 Å². The van der Waals surface area contributed by atoms with Crippen LogP contribution in [0.2, 0.25) is 0 Å². The van der Waals surface area contributed by atoms with Gasteiger partial charge in [-0.15, -0.1) is 0 Å². The first kappa shape index (κ1) is 17.2. The molecule has 2 aliphatic rings. The topological polar surface area (TPSA) is 53.0 Å². The quantitative estimate of drug-likeness (QED) is 0.898. The Bertz CT molecular complexity index is 557. The van der Waals surface area contributed by atoms with E-state index in [4.69, 9.17) is 4.74 Å². The molecular weight excluding hydrogens is 304 g/mol. The van der Waals surface area contributed by atoms with Gasteiger partial charge in [-0.2, -0.15) is 0 Å². The maximum atomic E-state index is 13.1. The maximum absolute atomic E-state index is 13.1. The molecule has 1 aromatic carbocycles. The summed E-state index contributed by atoms with van der Waals surface area (Å²) in [5.41, 5.74) is 0.799. The minimum atomic E-state index is 0.0519. The zero-order valence-corrected chi connectivity index (χ0v) is 14.5. The number of carbonyl (C=O) groups is 1. The fraction of sp³-hybridized carbons (Fsp3) is 0.632. The Morgan fingerprint density at radius 1 is 1.33 bits per heavy atom. The van der Waals surface area contributed by atoms with E-state index in [-0.39, 0.29) is 23.7 Å². The molecule has 132 valence electrons. The normalized spacial score (nSPS) is 24.9. The molecule has 2 aliphatic heterocycles. The number of likely N-dealkylation sites (tertiary alicyclic amines) is 1. The molecule has 1 N–H and O–H groups in total. The first-order valence-electron chi connectivity index (χ1n) is 8.99. The molecule has 0 unspecified atom stereocenters. The molecule has 0 saturated carbocycles. The average Bonchev–Trinajstić information content (AvgIpc) is 3.08. The van der Waals surface area contributed by atoms with Gasteiger partial charge in [0.2, 0.25) is 5.91 Å². The van der Waals surface area contributed by atoms with Gasteiger partial charge in [0.1, 0.15) is 5.75 Å². The number of aromatic hydroxyl groups is 1. The molecule has 2 atom stereocenters. The summed E-state index contributed by atoms with van der Waals surface area (Å²) in [4.78, 5) is 17.2. The van der Waals surface area contributed by atoms with Gasteiger partial charge in [0.05, 0.1) is 12.0 Å². The first-order valence-corrected chi connectivity index (χ1v) is 8.99. The number of carbonyl (C=O) groups excluding carboxylic acids is 1. The Kier molecular flexibility index (Phi) is 5.74. The van der Waals surface area contributed by atoms with Crippen molar-refractivity contribution in [3.8, 4) is 5.75 Å². The molecule has 24 heavy (non-hydrogen) atoms. The highest BCUT2D eigenvalue weighted by molar-refractivity contribution is 5.79. The van der Waals surface area contributed by atoms with Gasteiger partial charge >= 0.3 is 0 Å². The molecule has 2 saturated heterocycles. The SMILES string of the molecule is CN1CCC[C@@H](C(=O)N(Cc2ccccc2O)C[C@@H]2CCCO2)C1. The molecule has 0 aromatic heterocycles. The minimum absolute atomic E-state index is 0.0519. The summed E-state index contributed by atoms with van der Waals surface area (Å²) in [5, 5.41) is 10.1. The highest BCUT2D eigenvalue weighted by atomic mass is 16.5. The van der Waals surface area contributed by atoms with Crippen LogP contribution >= 0.6 is 0 Å². The fourth-order valence-corrected chi connectivity index (χ4v) is 3.74. The lowest BCUT2D eigenvalue weighted by Gasteiger charge is -2.34. The number of rotatable bonds is 5. The molecule has 2 heterocycles. The van der Waals surface area contributed by atoms with Gasteiger partial charge in [0, 0.05) is 31.8 Å². The van der Waals surface area contributed by atoms with E-state index in [0.29, 0.717) is 13.1 Å². The predicted molar refractivity (Wildman–Crippen MR) is 92.7 cm³/mol. The number of phenolic OH excluding ortho intramolecular Hbond substituents is 1. The Morgan fingerprint density at radius 2 is 2.17 bits per heavy atom. The van der Waals surface area contributed by atoms with Crippen LogP contribution in [0, 0.1) is 5.92 Å². The maximum Gasteiger partial charge on any atom is 0.227 e. The van der Waals surface area contributed by atoms with Crippen molar-refractivity contribution < 1.29 is 14.6 Å². The van der Waals surface area contributed by atoms with Gasteiger partial charge in [0.15, 0.2) is 0 Å². The largest absolute Gasteiger partial charge is 0.508 e. The molecule has 2 fully saturated rings. The van der Waals surface area contributed by atoms with Crippen molar-refractivity contribution in [2.24, 2.45) is 5.92 Å². The third kappa shape index (κ3) is 4.28. The molecule has 1 aromatic rings. The van der Waals surface area contributed by atoms with E-state index in [2.05, 4.69) is 11.9 Å². The third-order valence-electron chi connectivity index (χ3n) is 5.09. The van der Waals surface area contributed by atoms with Gasteiger partial charge in [-0.3, -0.25) is 4.79 Å². The van der Waals surface area contributed by atoms with Gasteiger partial charge in [0.25, 0.3) is 0 Å². The zero-order valence-electron chi connectivity index (χ0n) is 14.5. The first-order chi connectivity index (χ1) is 11.6. The summed E-state index contributed by atoms with van der Waals surface area (Å²) in [6.45, 7) is 3.74. The molecule has 0 radical (unpaired) electrons. The highest BCUT2D eigenvalue weighted by Crippen LogP contribution is 2.24. The van der Waals surface area contributed by atoms with Crippen LogP contribution in [0.3, 0.4) is 0 Å². The van der Waals surface area contributed by atoms with E-state index in [1.165, 1.54) is 0 Å². The second-order valence-corrected chi connectivity index (χ2v) is 7.08. The number of phenols is 1. The van der Waals surface area contributed by atoms with Crippen molar-refractivity contribution >= 4 is 5.91 Å². The van der Waals surface area contributed by atoms with E-state index >= 15 is 0 Å². The number of amides is 1. The molecule has 0 bridgehead atoms. The summed E-state index contributed by atoms with van der Waals surface area (Å²) < 4.78 is 5.74. The number of para-hydroxylation sites is 1. The van der Waals surface area contributed by atoms with Crippen LogP contribution in [0.15, 0.2) is 24.3 Å².